The Morgan fingerprint density at radius 1 is 1.19 bits per heavy atom. The summed E-state index contributed by atoms with van der Waals surface area (Å²) in [5.74, 6) is 1.53. The minimum Gasteiger partial charge on any atom is -0.493 e. The fourth-order valence-electron chi connectivity index (χ4n) is 2.46. The van der Waals surface area contributed by atoms with Gasteiger partial charge in [-0.25, -0.2) is 17.7 Å². The molecule has 0 saturated carbocycles. The minimum absolute atomic E-state index is 0.198. The number of fused-ring (bicyclic) bond motifs is 1. The predicted octanol–water partition coefficient (Wildman–Crippen LogP) is 3.81. The maximum Gasteiger partial charge on any atom is 0.256 e. The van der Waals surface area contributed by atoms with Crippen molar-refractivity contribution in [3.63, 3.8) is 0 Å². The Balaban J connectivity index is 1.62. The SMILES string of the molecule is CCc1cccc(OCCSc2nc3cc(S(=O)(=O)N(C)C)ccc3o2)c1. The quantitative estimate of drug-likeness (QED) is 0.418. The molecule has 1 aromatic heterocycles. The van der Waals surface area contributed by atoms with Crippen LogP contribution in [-0.4, -0.2) is 44.2 Å². The van der Waals surface area contributed by atoms with E-state index in [2.05, 4.69) is 18.0 Å². The van der Waals surface area contributed by atoms with Crippen molar-refractivity contribution in [1.29, 1.82) is 0 Å². The maximum absolute atomic E-state index is 12.2. The average Bonchev–Trinajstić information content (AvgIpc) is 3.07. The summed E-state index contributed by atoms with van der Waals surface area (Å²) >= 11 is 1.43. The Morgan fingerprint density at radius 3 is 2.74 bits per heavy atom. The molecular formula is C19H22N2O4S2. The molecule has 3 aromatic rings. The fraction of sp³-hybridized carbons (Fsp3) is 0.316. The van der Waals surface area contributed by atoms with Crippen LogP contribution in [0.4, 0.5) is 0 Å². The molecule has 27 heavy (non-hydrogen) atoms. The number of hydrogen-bond acceptors (Lipinski definition) is 6. The van der Waals surface area contributed by atoms with E-state index < -0.39 is 10.0 Å². The van der Waals surface area contributed by atoms with E-state index >= 15 is 0 Å². The molecule has 0 N–H and O–H groups in total. The zero-order valence-electron chi connectivity index (χ0n) is 15.5. The van der Waals surface area contributed by atoms with Gasteiger partial charge in [-0.1, -0.05) is 30.8 Å². The number of benzene rings is 2. The van der Waals surface area contributed by atoms with E-state index in [1.54, 1.807) is 6.07 Å². The largest absolute Gasteiger partial charge is 0.493 e. The molecule has 0 aliphatic carbocycles. The molecule has 144 valence electrons. The van der Waals surface area contributed by atoms with Gasteiger partial charge in [-0.15, -0.1) is 0 Å². The Labute approximate surface area is 163 Å². The third kappa shape index (κ3) is 4.63. The van der Waals surface area contributed by atoms with E-state index in [-0.39, 0.29) is 4.90 Å². The third-order valence-corrected chi connectivity index (χ3v) is 6.61. The van der Waals surface area contributed by atoms with Crippen LogP contribution in [0.15, 0.2) is 57.0 Å². The van der Waals surface area contributed by atoms with Crippen molar-refractivity contribution < 1.29 is 17.6 Å². The highest BCUT2D eigenvalue weighted by molar-refractivity contribution is 7.99. The Bertz CT molecular complexity index is 1030. The summed E-state index contributed by atoms with van der Waals surface area (Å²) in [7, 11) is -0.492. The number of aryl methyl sites for hydroxylation is 1. The van der Waals surface area contributed by atoms with Crippen LogP contribution in [0, 0.1) is 0 Å². The first-order valence-corrected chi connectivity index (χ1v) is 11.0. The molecule has 8 heteroatoms. The third-order valence-electron chi connectivity index (χ3n) is 4.00. The van der Waals surface area contributed by atoms with Crippen LogP contribution in [0.3, 0.4) is 0 Å². The van der Waals surface area contributed by atoms with Gasteiger partial charge in [0, 0.05) is 19.8 Å². The molecule has 0 saturated heterocycles. The summed E-state index contributed by atoms with van der Waals surface area (Å²) < 4.78 is 37.0. The van der Waals surface area contributed by atoms with Crippen molar-refractivity contribution in [3.8, 4) is 5.75 Å². The van der Waals surface area contributed by atoms with Crippen molar-refractivity contribution in [3.05, 3.63) is 48.0 Å². The molecule has 1 heterocycles. The summed E-state index contributed by atoms with van der Waals surface area (Å²) in [4.78, 5) is 4.57. The molecule has 0 unspecified atom stereocenters. The number of ether oxygens (including phenoxy) is 1. The lowest BCUT2D eigenvalue weighted by molar-refractivity contribution is 0.343. The van der Waals surface area contributed by atoms with Gasteiger partial charge in [-0.05, 0) is 42.3 Å². The molecule has 3 rings (SSSR count). The second-order valence-electron chi connectivity index (χ2n) is 6.09. The second-order valence-corrected chi connectivity index (χ2v) is 9.29. The fourth-order valence-corrected chi connectivity index (χ4v) is 4.04. The van der Waals surface area contributed by atoms with Gasteiger partial charge in [-0.3, -0.25) is 0 Å². The van der Waals surface area contributed by atoms with E-state index in [1.165, 1.54) is 47.9 Å². The summed E-state index contributed by atoms with van der Waals surface area (Å²) in [6, 6.07) is 12.7. The van der Waals surface area contributed by atoms with Crippen LogP contribution >= 0.6 is 11.8 Å². The summed E-state index contributed by atoms with van der Waals surface area (Å²) in [5.41, 5.74) is 2.33. The molecule has 0 bridgehead atoms. The lowest BCUT2D eigenvalue weighted by Crippen LogP contribution is -2.22. The van der Waals surface area contributed by atoms with Crippen molar-refractivity contribution >= 4 is 32.9 Å². The van der Waals surface area contributed by atoms with Gasteiger partial charge in [0.05, 0.1) is 11.5 Å². The Morgan fingerprint density at radius 2 is 2.00 bits per heavy atom. The molecule has 0 aliphatic rings. The lowest BCUT2D eigenvalue weighted by Gasteiger charge is -2.10. The topological polar surface area (TPSA) is 72.6 Å². The molecule has 0 amide bonds. The molecule has 6 nitrogen and oxygen atoms in total. The van der Waals surface area contributed by atoms with Crippen LogP contribution in [-0.2, 0) is 16.4 Å². The normalized spacial score (nSPS) is 12.0. The van der Waals surface area contributed by atoms with Gasteiger partial charge in [0.2, 0.25) is 10.0 Å². The average molecular weight is 407 g/mol. The molecular weight excluding hydrogens is 384 g/mol. The number of rotatable bonds is 8. The first-order chi connectivity index (χ1) is 12.9. The van der Waals surface area contributed by atoms with Crippen LogP contribution in [0.2, 0.25) is 0 Å². The van der Waals surface area contributed by atoms with Gasteiger partial charge >= 0.3 is 0 Å². The number of aromatic nitrogens is 1. The number of sulfonamides is 1. The summed E-state index contributed by atoms with van der Waals surface area (Å²) in [6.45, 7) is 2.63. The first kappa shape index (κ1) is 19.7. The van der Waals surface area contributed by atoms with Crippen LogP contribution in [0.1, 0.15) is 12.5 Å². The van der Waals surface area contributed by atoms with E-state index in [0.717, 1.165) is 12.2 Å². The highest BCUT2D eigenvalue weighted by Gasteiger charge is 2.19. The van der Waals surface area contributed by atoms with E-state index in [9.17, 15) is 8.42 Å². The van der Waals surface area contributed by atoms with Crippen molar-refractivity contribution in [2.75, 3.05) is 26.5 Å². The highest BCUT2D eigenvalue weighted by Crippen LogP contribution is 2.26. The molecule has 0 atom stereocenters. The highest BCUT2D eigenvalue weighted by atomic mass is 32.2. The van der Waals surface area contributed by atoms with E-state index in [1.807, 2.05) is 18.2 Å². The molecule has 2 aromatic carbocycles. The predicted molar refractivity (Wildman–Crippen MR) is 107 cm³/mol. The standard InChI is InChI=1S/C19H22N2O4S2/c1-4-14-6-5-7-15(12-14)24-10-11-26-19-20-17-13-16(8-9-18(17)25-19)27(22,23)21(2)3/h5-9,12-13H,4,10-11H2,1-3H3. The van der Waals surface area contributed by atoms with E-state index in [4.69, 9.17) is 9.15 Å². The zero-order valence-corrected chi connectivity index (χ0v) is 17.1. The maximum atomic E-state index is 12.2. The smallest absolute Gasteiger partial charge is 0.256 e. The van der Waals surface area contributed by atoms with Crippen LogP contribution in [0.25, 0.3) is 11.1 Å². The molecule has 0 fully saturated rings. The number of hydrogen-bond donors (Lipinski definition) is 0. The van der Waals surface area contributed by atoms with Gasteiger partial charge in [0.15, 0.2) is 5.58 Å². The van der Waals surface area contributed by atoms with E-state index in [0.29, 0.717) is 28.7 Å². The van der Waals surface area contributed by atoms with Crippen LogP contribution in [0.5, 0.6) is 5.75 Å². The first-order valence-electron chi connectivity index (χ1n) is 8.58. The number of nitrogens with zero attached hydrogens (tertiary/aromatic N) is 2. The molecule has 0 aliphatic heterocycles. The Kier molecular flexibility index (Phi) is 6.08. The minimum atomic E-state index is -3.49. The number of thioether (sulfide) groups is 1. The Hall–Kier alpha value is -2.03. The van der Waals surface area contributed by atoms with Crippen LogP contribution < -0.4 is 4.74 Å². The zero-order chi connectivity index (χ0) is 19.4. The molecule has 0 spiro atoms. The van der Waals surface area contributed by atoms with Gasteiger partial charge < -0.3 is 9.15 Å². The second kappa shape index (κ2) is 8.33. The number of oxazole rings is 1. The van der Waals surface area contributed by atoms with Gasteiger partial charge in [0.25, 0.3) is 5.22 Å². The van der Waals surface area contributed by atoms with Crippen molar-refractivity contribution in [1.82, 2.24) is 9.29 Å². The monoisotopic (exact) mass is 406 g/mol. The summed E-state index contributed by atoms with van der Waals surface area (Å²) in [5, 5.41) is 0.496. The molecule has 0 radical (unpaired) electrons. The van der Waals surface area contributed by atoms with Crippen molar-refractivity contribution in [2.45, 2.75) is 23.5 Å². The lowest BCUT2D eigenvalue weighted by atomic mass is 10.2. The van der Waals surface area contributed by atoms with Gasteiger partial charge in [0.1, 0.15) is 11.3 Å². The van der Waals surface area contributed by atoms with Gasteiger partial charge in [-0.2, -0.15) is 0 Å². The summed E-state index contributed by atoms with van der Waals surface area (Å²) in [6.07, 6.45) is 0.973. The van der Waals surface area contributed by atoms with Crippen molar-refractivity contribution in [2.24, 2.45) is 0 Å².